The first-order valence-electron chi connectivity index (χ1n) is 5.92. The molecule has 2 nitrogen and oxygen atoms in total. The monoisotopic (exact) mass is 261 g/mol. The normalized spacial score (nSPS) is 14.2. The molecule has 94 valence electrons. The van der Waals surface area contributed by atoms with Gasteiger partial charge in [-0.25, -0.2) is 0 Å². The number of benzene rings is 1. The third-order valence-electron chi connectivity index (χ3n) is 2.79. The highest BCUT2D eigenvalue weighted by atomic mass is 35.5. The molecule has 3 heteroatoms. The van der Waals surface area contributed by atoms with Crippen LogP contribution < -0.4 is 0 Å². The summed E-state index contributed by atoms with van der Waals surface area (Å²) in [5.41, 5.74) is 1.17. The summed E-state index contributed by atoms with van der Waals surface area (Å²) in [5.74, 6) is 0. The summed E-state index contributed by atoms with van der Waals surface area (Å²) in [6.45, 7) is 1.83. The molecule has 0 amide bonds. The highest BCUT2D eigenvalue weighted by Crippen LogP contribution is 2.19. The molecule has 0 fully saturated rings. The molecule has 2 aromatic rings. The zero-order valence-corrected chi connectivity index (χ0v) is 11.1. The predicted molar refractivity (Wildman–Crippen MR) is 73.7 cm³/mol. The first kappa shape index (κ1) is 13.1. The second-order valence-electron chi connectivity index (χ2n) is 4.80. The van der Waals surface area contributed by atoms with Crippen molar-refractivity contribution in [2.24, 2.45) is 0 Å². The van der Waals surface area contributed by atoms with E-state index in [4.69, 9.17) is 11.6 Å². The number of aromatic nitrogens is 1. The van der Waals surface area contributed by atoms with E-state index >= 15 is 0 Å². The molecule has 0 saturated carbocycles. The molecule has 1 heterocycles. The fourth-order valence-corrected chi connectivity index (χ4v) is 2.12. The van der Waals surface area contributed by atoms with Crippen molar-refractivity contribution in [2.75, 3.05) is 0 Å². The van der Waals surface area contributed by atoms with E-state index in [9.17, 15) is 5.11 Å². The van der Waals surface area contributed by atoms with E-state index in [-0.39, 0.29) is 0 Å². The standard InChI is InChI=1S/C15H16ClNO/c1-15(18,11-14-4-2-3-9-17-14)10-12-5-7-13(16)8-6-12/h2-9,18H,10-11H2,1H3. The second kappa shape index (κ2) is 5.51. The summed E-state index contributed by atoms with van der Waals surface area (Å²) in [7, 11) is 0. The van der Waals surface area contributed by atoms with Gasteiger partial charge in [-0.2, -0.15) is 0 Å². The van der Waals surface area contributed by atoms with E-state index in [1.54, 1.807) is 6.20 Å². The Morgan fingerprint density at radius 2 is 1.83 bits per heavy atom. The molecule has 2 rings (SSSR count). The third kappa shape index (κ3) is 3.83. The Morgan fingerprint density at radius 3 is 2.44 bits per heavy atom. The van der Waals surface area contributed by atoms with Gasteiger partial charge in [0.2, 0.25) is 0 Å². The van der Waals surface area contributed by atoms with Gasteiger partial charge in [0, 0.05) is 29.8 Å². The lowest BCUT2D eigenvalue weighted by atomic mass is 9.92. The molecule has 1 atom stereocenters. The third-order valence-corrected chi connectivity index (χ3v) is 3.04. The molecule has 0 bridgehead atoms. The van der Waals surface area contributed by atoms with Crippen LogP contribution in [0.5, 0.6) is 0 Å². The molecule has 0 radical (unpaired) electrons. The SMILES string of the molecule is CC(O)(Cc1ccc(Cl)cc1)Cc1ccccn1. The summed E-state index contributed by atoms with van der Waals surface area (Å²) in [6, 6.07) is 13.3. The van der Waals surface area contributed by atoms with Crippen molar-refractivity contribution in [1.29, 1.82) is 0 Å². The number of nitrogens with zero attached hydrogens (tertiary/aromatic N) is 1. The van der Waals surface area contributed by atoms with Crippen LogP contribution in [0.4, 0.5) is 0 Å². The summed E-state index contributed by atoms with van der Waals surface area (Å²) >= 11 is 5.84. The summed E-state index contributed by atoms with van der Waals surface area (Å²) in [6.07, 6.45) is 2.87. The molecule has 18 heavy (non-hydrogen) atoms. The van der Waals surface area contributed by atoms with E-state index in [1.165, 1.54) is 0 Å². The minimum absolute atomic E-state index is 0.538. The van der Waals surface area contributed by atoms with Crippen LogP contribution in [0.15, 0.2) is 48.7 Å². The van der Waals surface area contributed by atoms with Gasteiger partial charge in [-0.1, -0.05) is 29.8 Å². The number of aliphatic hydroxyl groups is 1. The van der Waals surface area contributed by atoms with E-state index in [1.807, 2.05) is 49.4 Å². The van der Waals surface area contributed by atoms with Crippen LogP contribution in [0, 0.1) is 0 Å². The number of hydrogen-bond acceptors (Lipinski definition) is 2. The average Bonchev–Trinajstić information content (AvgIpc) is 2.32. The van der Waals surface area contributed by atoms with Gasteiger partial charge in [0.1, 0.15) is 0 Å². The van der Waals surface area contributed by atoms with Crippen molar-refractivity contribution >= 4 is 11.6 Å². The molecule has 1 N–H and O–H groups in total. The summed E-state index contributed by atoms with van der Waals surface area (Å²) in [4.78, 5) is 4.24. The van der Waals surface area contributed by atoms with Crippen molar-refractivity contribution in [3.8, 4) is 0 Å². The van der Waals surface area contributed by atoms with Crippen molar-refractivity contribution in [3.63, 3.8) is 0 Å². The van der Waals surface area contributed by atoms with Crippen LogP contribution in [0.25, 0.3) is 0 Å². The largest absolute Gasteiger partial charge is 0.389 e. The molecule has 0 aliphatic carbocycles. The van der Waals surface area contributed by atoms with Crippen LogP contribution in [0.1, 0.15) is 18.2 Å². The maximum Gasteiger partial charge on any atom is 0.0715 e. The molecule has 0 spiro atoms. The van der Waals surface area contributed by atoms with Crippen LogP contribution in [-0.2, 0) is 12.8 Å². The Hall–Kier alpha value is -1.38. The highest BCUT2D eigenvalue weighted by molar-refractivity contribution is 6.30. The predicted octanol–water partition coefficient (Wildman–Crippen LogP) is 3.27. The lowest BCUT2D eigenvalue weighted by Gasteiger charge is -2.23. The second-order valence-corrected chi connectivity index (χ2v) is 5.23. The van der Waals surface area contributed by atoms with E-state index in [0.29, 0.717) is 17.9 Å². The highest BCUT2D eigenvalue weighted by Gasteiger charge is 2.22. The van der Waals surface area contributed by atoms with Gasteiger partial charge in [0.15, 0.2) is 0 Å². The van der Waals surface area contributed by atoms with Gasteiger partial charge in [0.25, 0.3) is 0 Å². The molecule has 0 aliphatic heterocycles. The summed E-state index contributed by atoms with van der Waals surface area (Å²) < 4.78 is 0. The Bertz CT molecular complexity index is 494. The molecular weight excluding hydrogens is 246 g/mol. The van der Waals surface area contributed by atoms with Gasteiger partial charge in [0.05, 0.1) is 5.60 Å². The lowest BCUT2D eigenvalue weighted by Crippen LogP contribution is -2.30. The maximum atomic E-state index is 10.4. The Labute approximate surface area is 112 Å². The van der Waals surface area contributed by atoms with Crippen molar-refractivity contribution < 1.29 is 5.11 Å². The van der Waals surface area contributed by atoms with E-state index in [2.05, 4.69) is 4.98 Å². The fourth-order valence-electron chi connectivity index (χ4n) is 2.00. The minimum atomic E-state index is -0.803. The van der Waals surface area contributed by atoms with Gasteiger partial charge >= 0.3 is 0 Å². The van der Waals surface area contributed by atoms with Crippen LogP contribution in [0.2, 0.25) is 5.02 Å². The average molecular weight is 262 g/mol. The van der Waals surface area contributed by atoms with Crippen LogP contribution >= 0.6 is 11.6 Å². The Morgan fingerprint density at radius 1 is 1.11 bits per heavy atom. The molecular formula is C15H16ClNO. The quantitative estimate of drug-likeness (QED) is 0.916. The zero-order valence-electron chi connectivity index (χ0n) is 10.3. The lowest BCUT2D eigenvalue weighted by molar-refractivity contribution is 0.0598. The van der Waals surface area contributed by atoms with Crippen molar-refractivity contribution in [1.82, 2.24) is 4.98 Å². The van der Waals surface area contributed by atoms with Gasteiger partial charge in [-0.15, -0.1) is 0 Å². The number of pyridine rings is 1. The molecule has 1 aromatic carbocycles. The van der Waals surface area contributed by atoms with Gasteiger partial charge in [-0.3, -0.25) is 4.98 Å². The Kier molecular flexibility index (Phi) is 4.00. The van der Waals surface area contributed by atoms with Crippen LogP contribution in [0.3, 0.4) is 0 Å². The first-order valence-corrected chi connectivity index (χ1v) is 6.30. The van der Waals surface area contributed by atoms with Crippen LogP contribution in [-0.4, -0.2) is 15.7 Å². The molecule has 0 aliphatic rings. The van der Waals surface area contributed by atoms with Gasteiger partial charge in [-0.05, 0) is 36.8 Å². The van der Waals surface area contributed by atoms with E-state index < -0.39 is 5.60 Å². The van der Waals surface area contributed by atoms with Crippen molar-refractivity contribution in [2.45, 2.75) is 25.4 Å². The molecule has 1 aromatic heterocycles. The fraction of sp³-hybridized carbons (Fsp3) is 0.267. The zero-order chi connectivity index (χ0) is 13.0. The number of rotatable bonds is 4. The first-order chi connectivity index (χ1) is 8.55. The summed E-state index contributed by atoms with van der Waals surface area (Å²) in [5, 5.41) is 11.1. The maximum absolute atomic E-state index is 10.4. The smallest absolute Gasteiger partial charge is 0.0715 e. The molecule has 0 saturated heterocycles. The molecule has 1 unspecified atom stereocenters. The van der Waals surface area contributed by atoms with E-state index in [0.717, 1.165) is 11.3 Å². The number of halogens is 1. The number of hydrogen-bond donors (Lipinski definition) is 1. The minimum Gasteiger partial charge on any atom is -0.389 e. The van der Waals surface area contributed by atoms with Gasteiger partial charge < -0.3 is 5.11 Å². The Balaban J connectivity index is 2.05. The topological polar surface area (TPSA) is 33.1 Å². The van der Waals surface area contributed by atoms with Crippen molar-refractivity contribution in [3.05, 3.63) is 64.9 Å².